The zero-order chi connectivity index (χ0) is 16.2. The molecule has 4 rings (SSSR count). The fraction of sp³-hybridized carbons (Fsp3) is 0.474. The lowest BCUT2D eigenvalue weighted by Crippen LogP contribution is -2.47. The van der Waals surface area contributed by atoms with Crippen LogP contribution in [0.5, 0.6) is 5.88 Å². The van der Waals surface area contributed by atoms with Gasteiger partial charge >= 0.3 is 0 Å². The molecule has 2 fully saturated rings. The Bertz CT molecular complexity index is 638. The molecule has 5 heteroatoms. The predicted octanol–water partition coefficient (Wildman–Crippen LogP) is 2.54. The maximum Gasteiger partial charge on any atom is 0.213 e. The highest BCUT2D eigenvalue weighted by Gasteiger charge is 2.41. The van der Waals surface area contributed by atoms with Gasteiger partial charge in [0, 0.05) is 43.8 Å². The van der Waals surface area contributed by atoms with Crippen molar-refractivity contribution in [3.63, 3.8) is 0 Å². The number of nitrogens with zero attached hydrogens (tertiary/aromatic N) is 3. The smallest absolute Gasteiger partial charge is 0.213 e. The quantitative estimate of drug-likeness (QED) is 0.845. The standard InChI is InChI=1S/C19H23N3O2/c1-2-6-21-19(3-1)24-14-16-11-17-18(12-16)23-10-9-22(17)13-15-4-7-20-8-5-15/h1-8,16-18H,9-14H2/t16-,17+,18-/m0/s1. The average Bonchev–Trinajstić information content (AvgIpc) is 3.06. The minimum absolute atomic E-state index is 0.331. The van der Waals surface area contributed by atoms with E-state index in [2.05, 4.69) is 27.0 Å². The Morgan fingerprint density at radius 3 is 2.88 bits per heavy atom. The molecule has 0 N–H and O–H groups in total. The molecule has 2 aromatic rings. The van der Waals surface area contributed by atoms with Crippen LogP contribution in [0.3, 0.4) is 0 Å². The fourth-order valence-corrected chi connectivity index (χ4v) is 3.82. The first-order chi connectivity index (χ1) is 11.9. The normalized spacial score (nSPS) is 26.9. The summed E-state index contributed by atoms with van der Waals surface area (Å²) in [6, 6.07) is 10.5. The molecular formula is C19H23N3O2. The summed E-state index contributed by atoms with van der Waals surface area (Å²) in [6.45, 7) is 3.51. The van der Waals surface area contributed by atoms with Crippen molar-refractivity contribution in [2.24, 2.45) is 5.92 Å². The molecule has 3 heterocycles. The van der Waals surface area contributed by atoms with Crippen LogP contribution in [0.25, 0.3) is 0 Å². The second kappa shape index (κ2) is 7.28. The Morgan fingerprint density at radius 2 is 2.04 bits per heavy atom. The van der Waals surface area contributed by atoms with Crippen molar-refractivity contribution >= 4 is 0 Å². The van der Waals surface area contributed by atoms with Crippen LogP contribution in [0.2, 0.25) is 0 Å². The van der Waals surface area contributed by atoms with Crippen molar-refractivity contribution in [3.8, 4) is 5.88 Å². The van der Waals surface area contributed by atoms with Gasteiger partial charge in [0.1, 0.15) is 0 Å². The van der Waals surface area contributed by atoms with E-state index in [1.165, 1.54) is 5.56 Å². The van der Waals surface area contributed by atoms with Gasteiger partial charge in [-0.2, -0.15) is 0 Å². The first-order valence-electron chi connectivity index (χ1n) is 8.67. The Hall–Kier alpha value is -1.98. The molecule has 0 aromatic carbocycles. The molecule has 24 heavy (non-hydrogen) atoms. The molecule has 0 radical (unpaired) electrons. The average molecular weight is 325 g/mol. The van der Waals surface area contributed by atoms with E-state index in [1.54, 1.807) is 6.20 Å². The molecule has 2 aromatic heterocycles. The molecule has 126 valence electrons. The van der Waals surface area contributed by atoms with Crippen LogP contribution in [0.1, 0.15) is 18.4 Å². The topological polar surface area (TPSA) is 47.5 Å². The van der Waals surface area contributed by atoms with Gasteiger partial charge in [-0.05, 0) is 42.5 Å². The third-order valence-corrected chi connectivity index (χ3v) is 4.99. The van der Waals surface area contributed by atoms with E-state index in [0.717, 1.165) is 39.1 Å². The van der Waals surface area contributed by atoms with E-state index in [4.69, 9.17) is 9.47 Å². The van der Waals surface area contributed by atoms with Crippen molar-refractivity contribution in [1.82, 2.24) is 14.9 Å². The minimum Gasteiger partial charge on any atom is -0.477 e. The second-order valence-corrected chi connectivity index (χ2v) is 6.62. The summed E-state index contributed by atoms with van der Waals surface area (Å²) in [7, 11) is 0. The largest absolute Gasteiger partial charge is 0.477 e. The van der Waals surface area contributed by atoms with Gasteiger partial charge in [0.15, 0.2) is 0 Å². The summed E-state index contributed by atoms with van der Waals surface area (Å²) in [4.78, 5) is 10.9. The number of ether oxygens (including phenoxy) is 2. The van der Waals surface area contributed by atoms with Crippen LogP contribution in [0.15, 0.2) is 48.9 Å². The number of pyridine rings is 2. The number of morpholine rings is 1. The Labute approximate surface area is 142 Å². The van der Waals surface area contributed by atoms with Gasteiger partial charge in [0.25, 0.3) is 0 Å². The van der Waals surface area contributed by atoms with Crippen molar-refractivity contribution in [3.05, 3.63) is 54.5 Å². The first-order valence-corrected chi connectivity index (χ1v) is 8.67. The molecule has 0 unspecified atom stereocenters. The lowest BCUT2D eigenvalue weighted by Gasteiger charge is -2.37. The summed E-state index contributed by atoms with van der Waals surface area (Å²) in [5, 5.41) is 0. The SMILES string of the molecule is c1ccc(OC[C@@H]2C[C@@H]3OCCN(Cc4ccncc4)[C@@H]3C2)nc1. The predicted molar refractivity (Wildman–Crippen MR) is 90.6 cm³/mol. The van der Waals surface area contributed by atoms with Crippen molar-refractivity contribution in [2.75, 3.05) is 19.8 Å². The van der Waals surface area contributed by atoms with Gasteiger partial charge in [-0.3, -0.25) is 9.88 Å². The van der Waals surface area contributed by atoms with Gasteiger partial charge in [-0.1, -0.05) is 6.07 Å². The molecule has 0 amide bonds. The summed E-state index contributed by atoms with van der Waals surface area (Å²) >= 11 is 0. The lowest BCUT2D eigenvalue weighted by molar-refractivity contribution is -0.0590. The van der Waals surface area contributed by atoms with Gasteiger partial charge in [0.05, 0.1) is 19.3 Å². The van der Waals surface area contributed by atoms with E-state index in [-0.39, 0.29) is 0 Å². The van der Waals surface area contributed by atoms with Crippen molar-refractivity contribution in [1.29, 1.82) is 0 Å². The Morgan fingerprint density at radius 1 is 1.12 bits per heavy atom. The van der Waals surface area contributed by atoms with Crippen LogP contribution < -0.4 is 4.74 Å². The van der Waals surface area contributed by atoms with Crippen LogP contribution in [0.4, 0.5) is 0 Å². The monoisotopic (exact) mass is 325 g/mol. The van der Waals surface area contributed by atoms with E-state index in [1.807, 2.05) is 30.6 Å². The van der Waals surface area contributed by atoms with E-state index in [9.17, 15) is 0 Å². The van der Waals surface area contributed by atoms with Gasteiger partial charge in [0.2, 0.25) is 5.88 Å². The lowest BCUT2D eigenvalue weighted by atomic mass is 10.1. The van der Waals surface area contributed by atoms with Crippen LogP contribution >= 0.6 is 0 Å². The highest BCUT2D eigenvalue weighted by atomic mass is 16.5. The molecule has 0 bridgehead atoms. The van der Waals surface area contributed by atoms with Gasteiger partial charge < -0.3 is 9.47 Å². The number of hydrogen-bond donors (Lipinski definition) is 0. The van der Waals surface area contributed by atoms with Crippen LogP contribution in [-0.2, 0) is 11.3 Å². The molecule has 1 aliphatic carbocycles. The van der Waals surface area contributed by atoms with Crippen LogP contribution in [0, 0.1) is 5.92 Å². The molecular weight excluding hydrogens is 302 g/mol. The zero-order valence-corrected chi connectivity index (χ0v) is 13.8. The molecule has 2 aliphatic rings. The summed E-state index contributed by atoms with van der Waals surface area (Å²) < 4.78 is 11.9. The van der Waals surface area contributed by atoms with E-state index < -0.39 is 0 Å². The maximum atomic E-state index is 6.03. The number of aromatic nitrogens is 2. The van der Waals surface area contributed by atoms with Gasteiger partial charge in [-0.25, -0.2) is 4.98 Å². The Kier molecular flexibility index (Phi) is 4.71. The highest BCUT2D eigenvalue weighted by molar-refractivity contribution is 5.11. The third kappa shape index (κ3) is 3.57. The zero-order valence-electron chi connectivity index (χ0n) is 13.8. The molecule has 0 spiro atoms. The van der Waals surface area contributed by atoms with Crippen LogP contribution in [-0.4, -0.2) is 46.8 Å². The summed E-state index contributed by atoms with van der Waals surface area (Å²) in [5.74, 6) is 1.24. The molecule has 1 saturated heterocycles. The van der Waals surface area contributed by atoms with E-state index >= 15 is 0 Å². The molecule has 1 aliphatic heterocycles. The molecule has 5 nitrogen and oxygen atoms in total. The fourth-order valence-electron chi connectivity index (χ4n) is 3.82. The maximum absolute atomic E-state index is 6.03. The van der Waals surface area contributed by atoms with Crippen molar-refractivity contribution in [2.45, 2.75) is 31.5 Å². The summed E-state index contributed by atoms with van der Waals surface area (Å²) in [6.07, 6.45) is 8.03. The minimum atomic E-state index is 0.331. The summed E-state index contributed by atoms with van der Waals surface area (Å²) in [5.41, 5.74) is 1.32. The number of hydrogen-bond acceptors (Lipinski definition) is 5. The number of fused-ring (bicyclic) bond motifs is 1. The highest BCUT2D eigenvalue weighted by Crippen LogP contribution is 2.35. The number of rotatable bonds is 5. The van der Waals surface area contributed by atoms with E-state index in [0.29, 0.717) is 23.9 Å². The van der Waals surface area contributed by atoms with Crippen molar-refractivity contribution < 1.29 is 9.47 Å². The third-order valence-electron chi connectivity index (χ3n) is 4.99. The molecule has 1 saturated carbocycles. The second-order valence-electron chi connectivity index (χ2n) is 6.62. The Balaban J connectivity index is 1.35. The van der Waals surface area contributed by atoms with Gasteiger partial charge in [-0.15, -0.1) is 0 Å². The first kappa shape index (κ1) is 15.5. The molecule has 3 atom stereocenters.